The summed E-state index contributed by atoms with van der Waals surface area (Å²) in [4.78, 5) is 18.2. The Labute approximate surface area is 80.6 Å². The van der Waals surface area contributed by atoms with Gasteiger partial charge in [0.15, 0.2) is 17.9 Å². The first-order chi connectivity index (χ1) is 6.88. The first kappa shape index (κ1) is 8.62. The van der Waals surface area contributed by atoms with Crippen LogP contribution in [0.5, 0.6) is 0 Å². The SMILES string of the molecule is O=Cc1cnc(Cc2ccncc2)o1. The number of aromatic nitrogens is 2. The van der Waals surface area contributed by atoms with Gasteiger partial charge in [-0.05, 0) is 17.7 Å². The second kappa shape index (κ2) is 3.83. The lowest BCUT2D eigenvalue weighted by atomic mass is 10.2. The van der Waals surface area contributed by atoms with Crippen molar-refractivity contribution in [1.82, 2.24) is 9.97 Å². The van der Waals surface area contributed by atoms with Crippen LogP contribution in [0, 0.1) is 0 Å². The van der Waals surface area contributed by atoms with Crippen molar-refractivity contribution < 1.29 is 9.21 Å². The lowest BCUT2D eigenvalue weighted by Crippen LogP contribution is -1.87. The Kier molecular flexibility index (Phi) is 2.36. The average Bonchev–Trinajstić information content (AvgIpc) is 2.67. The van der Waals surface area contributed by atoms with Crippen LogP contribution >= 0.6 is 0 Å². The summed E-state index contributed by atoms with van der Waals surface area (Å²) in [5.74, 6) is 0.798. The lowest BCUT2D eigenvalue weighted by Gasteiger charge is -1.94. The second-order valence-electron chi connectivity index (χ2n) is 2.81. The zero-order valence-corrected chi connectivity index (χ0v) is 7.38. The van der Waals surface area contributed by atoms with Gasteiger partial charge < -0.3 is 4.42 Å². The molecule has 0 aromatic carbocycles. The minimum absolute atomic E-state index is 0.258. The molecule has 0 saturated carbocycles. The molecule has 2 rings (SSSR count). The van der Waals surface area contributed by atoms with Gasteiger partial charge in [-0.3, -0.25) is 9.78 Å². The van der Waals surface area contributed by atoms with Gasteiger partial charge in [-0.1, -0.05) is 0 Å². The molecule has 0 N–H and O–H groups in total. The molecule has 0 spiro atoms. The smallest absolute Gasteiger partial charge is 0.199 e. The predicted molar refractivity (Wildman–Crippen MR) is 48.9 cm³/mol. The number of carbonyl (C=O) groups excluding carboxylic acids is 1. The average molecular weight is 188 g/mol. The van der Waals surface area contributed by atoms with Gasteiger partial charge in [-0.25, -0.2) is 4.98 Å². The van der Waals surface area contributed by atoms with E-state index in [0.29, 0.717) is 18.6 Å². The van der Waals surface area contributed by atoms with Gasteiger partial charge in [-0.2, -0.15) is 0 Å². The zero-order valence-electron chi connectivity index (χ0n) is 7.38. The van der Waals surface area contributed by atoms with E-state index < -0.39 is 0 Å². The highest BCUT2D eigenvalue weighted by molar-refractivity contribution is 5.69. The standard InChI is InChI=1S/C10H8N2O2/c13-7-9-6-12-10(14-9)5-8-1-3-11-4-2-8/h1-4,6-7H,5H2. The summed E-state index contributed by atoms with van der Waals surface area (Å²) in [5.41, 5.74) is 1.05. The van der Waals surface area contributed by atoms with E-state index in [9.17, 15) is 4.79 Å². The molecule has 70 valence electrons. The lowest BCUT2D eigenvalue weighted by molar-refractivity contribution is 0.109. The minimum Gasteiger partial charge on any atom is -0.438 e. The molecule has 2 heterocycles. The van der Waals surface area contributed by atoms with Crippen LogP contribution in [0.1, 0.15) is 22.0 Å². The zero-order chi connectivity index (χ0) is 9.80. The summed E-state index contributed by atoms with van der Waals surface area (Å²) in [7, 11) is 0. The van der Waals surface area contributed by atoms with Crippen LogP contribution in [0.15, 0.2) is 35.1 Å². The molecule has 2 aromatic rings. The number of aldehydes is 1. The molecule has 14 heavy (non-hydrogen) atoms. The Balaban J connectivity index is 2.15. The van der Waals surface area contributed by atoms with Crippen LogP contribution < -0.4 is 0 Å². The number of oxazole rings is 1. The maximum absolute atomic E-state index is 10.3. The van der Waals surface area contributed by atoms with Crippen LogP contribution in [0.4, 0.5) is 0 Å². The van der Waals surface area contributed by atoms with Crippen LogP contribution in [0.2, 0.25) is 0 Å². The monoisotopic (exact) mass is 188 g/mol. The van der Waals surface area contributed by atoms with E-state index >= 15 is 0 Å². The van der Waals surface area contributed by atoms with Gasteiger partial charge >= 0.3 is 0 Å². The van der Waals surface area contributed by atoms with E-state index in [1.807, 2.05) is 12.1 Å². The van der Waals surface area contributed by atoms with Gasteiger partial charge in [0.25, 0.3) is 0 Å². The van der Waals surface area contributed by atoms with Crippen molar-refractivity contribution in [2.24, 2.45) is 0 Å². The number of nitrogens with zero attached hydrogens (tertiary/aromatic N) is 2. The molecule has 0 aliphatic heterocycles. The molecule has 0 bridgehead atoms. The molecule has 2 aromatic heterocycles. The molecule has 0 unspecified atom stereocenters. The van der Waals surface area contributed by atoms with Crippen molar-refractivity contribution in [1.29, 1.82) is 0 Å². The summed E-state index contributed by atoms with van der Waals surface area (Å²) in [6.07, 6.45) is 6.06. The van der Waals surface area contributed by atoms with E-state index in [1.54, 1.807) is 12.4 Å². The van der Waals surface area contributed by atoms with Crippen molar-refractivity contribution in [2.75, 3.05) is 0 Å². The summed E-state index contributed by atoms with van der Waals surface area (Å²) in [6, 6.07) is 3.76. The normalized spacial score (nSPS) is 10.0. The van der Waals surface area contributed by atoms with E-state index in [2.05, 4.69) is 9.97 Å². The molecule has 0 aliphatic carbocycles. The topological polar surface area (TPSA) is 56.0 Å². The number of pyridine rings is 1. The van der Waals surface area contributed by atoms with Crippen LogP contribution in [0.3, 0.4) is 0 Å². The summed E-state index contributed by atoms with van der Waals surface area (Å²) in [6.45, 7) is 0. The summed E-state index contributed by atoms with van der Waals surface area (Å²) >= 11 is 0. The molecular formula is C10H8N2O2. The first-order valence-electron chi connectivity index (χ1n) is 4.17. The Morgan fingerprint density at radius 3 is 2.79 bits per heavy atom. The fourth-order valence-corrected chi connectivity index (χ4v) is 1.14. The van der Waals surface area contributed by atoms with Crippen LogP contribution in [0.25, 0.3) is 0 Å². The third kappa shape index (κ3) is 1.85. The maximum Gasteiger partial charge on any atom is 0.199 e. The maximum atomic E-state index is 10.3. The first-order valence-corrected chi connectivity index (χ1v) is 4.17. The molecule has 0 fully saturated rings. The molecule has 0 radical (unpaired) electrons. The molecule has 0 atom stereocenters. The van der Waals surface area contributed by atoms with Gasteiger partial charge in [0.2, 0.25) is 0 Å². The van der Waals surface area contributed by atoms with Crippen molar-refractivity contribution in [3.8, 4) is 0 Å². The van der Waals surface area contributed by atoms with Crippen LogP contribution in [-0.2, 0) is 6.42 Å². The van der Waals surface area contributed by atoms with Gasteiger partial charge in [0.1, 0.15) is 0 Å². The fraction of sp³-hybridized carbons (Fsp3) is 0.100. The minimum atomic E-state index is 0.258. The highest BCUT2D eigenvalue weighted by Gasteiger charge is 2.03. The van der Waals surface area contributed by atoms with E-state index in [-0.39, 0.29) is 5.76 Å². The van der Waals surface area contributed by atoms with Crippen molar-refractivity contribution in [3.63, 3.8) is 0 Å². The Bertz CT molecular complexity index is 423. The molecule has 4 nitrogen and oxygen atoms in total. The predicted octanol–water partition coefficient (Wildman–Crippen LogP) is 1.47. The van der Waals surface area contributed by atoms with E-state index in [4.69, 9.17) is 4.42 Å². The molecular weight excluding hydrogens is 180 g/mol. The van der Waals surface area contributed by atoms with Gasteiger partial charge in [0, 0.05) is 18.8 Å². The Morgan fingerprint density at radius 1 is 1.36 bits per heavy atom. The molecule has 0 amide bonds. The van der Waals surface area contributed by atoms with Gasteiger partial charge in [-0.15, -0.1) is 0 Å². The van der Waals surface area contributed by atoms with Crippen molar-refractivity contribution >= 4 is 6.29 Å². The number of hydrogen-bond acceptors (Lipinski definition) is 4. The van der Waals surface area contributed by atoms with E-state index in [1.165, 1.54) is 6.20 Å². The summed E-state index contributed by atoms with van der Waals surface area (Å²) < 4.78 is 5.14. The molecule has 0 aliphatic rings. The fourth-order valence-electron chi connectivity index (χ4n) is 1.14. The molecule has 4 heteroatoms. The quantitative estimate of drug-likeness (QED) is 0.684. The second-order valence-corrected chi connectivity index (χ2v) is 2.81. The highest BCUT2D eigenvalue weighted by Crippen LogP contribution is 2.07. The third-order valence-electron chi connectivity index (χ3n) is 1.79. The van der Waals surface area contributed by atoms with Crippen LogP contribution in [-0.4, -0.2) is 16.3 Å². The van der Waals surface area contributed by atoms with Crippen molar-refractivity contribution in [3.05, 3.63) is 47.9 Å². The largest absolute Gasteiger partial charge is 0.438 e. The third-order valence-corrected chi connectivity index (χ3v) is 1.79. The number of rotatable bonds is 3. The number of carbonyl (C=O) groups is 1. The Morgan fingerprint density at radius 2 is 2.14 bits per heavy atom. The number of hydrogen-bond donors (Lipinski definition) is 0. The molecule has 0 saturated heterocycles. The Hall–Kier alpha value is -1.97. The summed E-state index contributed by atoms with van der Waals surface area (Å²) in [5, 5.41) is 0. The van der Waals surface area contributed by atoms with Crippen molar-refractivity contribution in [2.45, 2.75) is 6.42 Å². The van der Waals surface area contributed by atoms with E-state index in [0.717, 1.165) is 5.56 Å². The van der Waals surface area contributed by atoms with Gasteiger partial charge in [0.05, 0.1) is 6.20 Å². The highest BCUT2D eigenvalue weighted by atomic mass is 16.4.